The van der Waals surface area contributed by atoms with Gasteiger partial charge in [-0.15, -0.1) is 0 Å². The largest absolute Gasteiger partial charge is 0.356 e. The average molecular weight is 302 g/mol. The van der Waals surface area contributed by atoms with Crippen LogP contribution in [0.3, 0.4) is 0 Å². The van der Waals surface area contributed by atoms with Crippen LogP contribution in [0.2, 0.25) is 0 Å². The number of hydrogen-bond donors (Lipinski definition) is 1. The lowest BCUT2D eigenvalue weighted by atomic mass is 10.1. The van der Waals surface area contributed by atoms with Gasteiger partial charge in [0.15, 0.2) is 0 Å². The molecule has 1 aliphatic rings. The second kappa shape index (κ2) is 7.43. The summed E-state index contributed by atoms with van der Waals surface area (Å²) in [7, 11) is 0. The van der Waals surface area contributed by atoms with E-state index in [9.17, 15) is 9.59 Å². The maximum Gasteiger partial charge on any atom is 0.225 e. The summed E-state index contributed by atoms with van der Waals surface area (Å²) >= 11 is 0. The second-order valence-corrected chi connectivity index (χ2v) is 6.42. The summed E-state index contributed by atoms with van der Waals surface area (Å²) in [6.45, 7) is 7.28. The van der Waals surface area contributed by atoms with Gasteiger partial charge in [0.05, 0.1) is 5.92 Å². The Kier molecular flexibility index (Phi) is 5.58. The summed E-state index contributed by atoms with van der Waals surface area (Å²) in [6, 6.07) is 8.62. The van der Waals surface area contributed by atoms with Crippen LogP contribution in [0, 0.1) is 12.8 Å². The van der Waals surface area contributed by atoms with Crippen molar-refractivity contribution in [3.8, 4) is 0 Å². The van der Waals surface area contributed by atoms with Crippen LogP contribution in [0.4, 0.5) is 0 Å². The zero-order valence-corrected chi connectivity index (χ0v) is 13.8. The Balaban J connectivity index is 1.71. The summed E-state index contributed by atoms with van der Waals surface area (Å²) in [5.74, 6) is -0.0791. The first-order valence-electron chi connectivity index (χ1n) is 8.10. The van der Waals surface area contributed by atoms with Crippen LogP contribution < -0.4 is 5.32 Å². The molecule has 22 heavy (non-hydrogen) atoms. The molecule has 1 aromatic carbocycles. The maximum absolute atomic E-state index is 12.1. The number of aryl methyl sites for hydroxylation is 2. The van der Waals surface area contributed by atoms with E-state index in [1.165, 1.54) is 11.1 Å². The number of likely N-dealkylation sites (tertiary alicyclic amines) is 1. The van der Waals surface area contributed by atoms with Gasteiger partial charge in [-0.1, -0.05) is 29.8 Å². The number of benzene rings is 1. The van der Waals surface area contributed by atoms with Crippen molar-refractivity contribution >= 4 is 11.8 Å². The van der Waals surface area contributed by atoms with Crippen molar-refractivity contribution < 1.29 is 9.59 Å². The van der Waals surface area contributed by atoms with Crippen molar-refractivity contribution in [2.45, 2.75) is 46.1 Å². The fourth-order valence-electron chi connectivity index (χ4n) is 2.92. The summed E-state index contributed by atoms with van der Waals surface area (Å²) in [6.07, 6.45) is 2.23. The minimum absolute atomic E-state index is 0.0146. The van der Waals surface area contributed by atoms with Gasteiger partial charge in [-0.05, 0) is 39.2 Å². The highest BCUT2D eigenvalue weighted by Gasteiger charge is 2.35. The first-order valence-corrected chi connectivity index (χ1v) is 8.10. The molecule has 1 unspecified atom stereocenters. The molecule has 1 aliphatic heterocycles. The van der Waals surface area contributed by atoms with Crippen LogP contribution in [-0.2, 0) is 16.0 Å². The lowest BCUT2D eigenvalue weighted by molar-refractivity contribution is -0.129. The normalized spacial score (nSPS) is 18.1. The summed E-state index contributed by atoms with van der Waals surface area (Å²) in [5.41, 5.74) is 2.57. The van der Waals surface area contributed by atoms with Gasteiger partial charge in [-0.2, -0.15) is 0 Å². The lowest BCUT2D eigenvalue weighted by Crippen LogP contribution is -2.35. The number of nitrogens with zero attached hydrogens (tertiary/aromatic N) is 1. The predicted molar refractivity (Wildman–Crippen MR) is 87.5 cm³/mol. The van der Waals surface area contributed by atoms with E-state index in [2.05, 4.69) is 36.5 Å². The molecule has 0 bridgehead atoms. The number of rotatable bonds is 6. The van der Waals surface area contributed by atoms with E-state index >= 15 is 0 Å². The van der Waals surface area contributed by atoms with E-state index in [-0.39, 0.29) is 23.8 Å². The van der Waals surface area contributed by atoms with Gasteiger partial charge in [-0.3, -0.25) is 9.59 Å². The first-order chi connectivity index (χ1) is 10.5. The zero-order chi connectivity index (χ0) is 16.1. The quantitative estimate of drug-likeness (QED) is 0.820. The van der Waals surface area contributed by atoms with Crippen LogP contribution in [0.5, 0.6) is 0 Å². The Morgan fingerprint density at radius 3 is 2.82 bits per heavy atom. The Labute approximate surface area is 132 Å². The van der Waals surface area contributed by atoms with Gasteiger partial charge in [0.1, 0.15) is 0 Å². The molecule has 1 N–H and O–H groups in total. The van der Waals surface area contributed by atoms with Crippen molar-refractivity contribution in [3.63, 3.8) is 0 Å². The number of amides is 2. The summed E-state index contributed by atoms with van der Waals surface area (Å²) in [4.78, 5) is 25.7. The van der Waals surface area contributed by atoms with Gasteiger partial charge in [0.25, 0.3) is 0 Å². The average Bonchev–Trinajstić information content (AvgIpc) is 2.86. The predicted octanol–water partition coefficient (Wildman–Crippen LogP) is 2.30. The second-order valence-electron chi connectivity index (χ2n) is 6.42. The third-order valence-electron chi connectivity index (χ3n) is 4.18. The molecule has 1 aromatic rings. The molecule has 2 amide bonds. The third-order valence-corrected chi connectivity index (χ3v) is 4.18. The fourth-order valence-corrected chi connectivity index (χ4v) is 2.92. The minimum atomic E-state index is -0.186. The van der Waals surface area contributed by atoms with Crippen LogP contribution in [0.1, 0.15) is 37.8 Å². The lowest BCUT2D eigenvalue weighted by Gasteiger charge is -2.20. The zero-order valence-electron chi connectivity index (χ0n) is 13.8. The van der Waals surface area contributed by atoms with E-state index in [1.807, 2.05) is 13.8 Å². The molecule has 0 spiro atoms. The van der Waals surface area contributed by atoms with Crippen molar-refractivity contribution in [2.24, 2.45) is 5.92 Å². The first kappa shape index (κ1) is 16.5. The number of nitrogens with one attached hydrogen (secondary N) is 1. The van der Waals surface area contributed by atoms with Crippen molar-refractivity contribution in [2.75, 3.05) is 13.1 Å². The van der Waals surface area contributed by atoms with Crippen molar-refractivity contribution in [1.82, 2.24) is 10.2 Å². The Hall–Kier alpha value is -1.84. The molecule has 1 atom stereocenters. The van der Waals surface area contributed by atoms with Gasteiger partial charge in [0, 0.05) is 25.6 Å². The Bertz CT molecular complexity index is 540. The molecule has 0 radical (unpaired) electrons. The summed E-state index contributed by atoms with van der Waals surface area (Å²) < 4.78 is 0. The fraction of sp³-hybridized carbons (Fsp3) is 0.556. The number of carbonyl (C=O) groups excluding carboxylic acids is 2. The highest BCUT2D eigenvalue weighted by Crippen LogP contribution is 2.20. The highest BCUT2D eigenvalue weighted by molar-refractivity contribution is 5.89. The standard InChI is InChI=1S/C18H26N2O2/c1-13(2)20-12-16(11-17(20)21)18(22)19-9-5-8-15-7-4-6-14(3)10-15/h4,6-7,10,13,16H,5,8-9,11-12H2,1-3H3,(H,19,22). The molecular formula is C18H26N2O2. The van der Waals surface area contributed by atoms with Gasteiger partial charge >= 0.3 is 0 Å². The van der Waals surface area contributed by atoms with Crippen LogP contribution >= 0.6 is 0 Å². The Morgan fingerprint density at radius 1 is 1.41 bits per heavy atom. The van der Waals surface area contributed by atoms with E-state index in [1.54, 1.807) is 4.90 Å². The molecule has 4 heteroatoms. The van der Waals surface area contributed by atoms with E-state index in [0.717, 1.165) is 12.8 Å². The molecule has 1 fully saturated rings. The Morgan fingerprint density at radius 2 is 2.18 bits per heavy atom. The van der Waals surface area contributed by atoms with E-state index < -0.39 is 0 Å². The SMILES string of the molecule is Cc1cccc(CCCNC(=O)C2CC(=O)N(C(C)C)C2)c1. The number of carbonyl (C=O) groups is 2. The molecule has 1 saturated heterocycles. The molecule has 0 aliphatic carbocycles. The molecule has 4 nitrogen and oxygen atoms in total. The van der Waals surface area contributed by atoms with Crippen molar-refractivity contribution in [3.05, 3.63) is 35.4 Å². The van der Waals surface area contributed by atoms with Crippen LogP contribution in [0.15, 0.2) is 24.3 Å². The van der Waals surface area contributed by atoms with E-state index in [4.69, 9.17) is 0 Å². The van der Waals surface area contributed by atoms with E-state index in [0.29, 0.717) is 19.5 Å². The molecule has 2 rings (SSSR count). The van der Waals surface area contributed by atoms with Crippen LogP contribution in [-0.4, -0.2) is 35.8 Å². The molecule has 0 saturated carbocycles. The molecular weight excluding hydrogens is 276 g/mol. The number of hydrogen-bond acceptors (Lipinski definition) is 2. The molecule has 0 aromatic heterocycles. The third kappa shape index (κ3) is 4.33. The monoisotopic (exact) mass is 302 g/mol. The van der Waals surface area contributed by atoms with Gasteiger partial charge in [0.2, 0.25) is 11.8 Å². The smallest absolute Gasteiger partial charge is 0.225 e. The van der Waals surface area contributed by atoms with Gasteiger partial charge < -0.3 is 10.2 Å². The topological polar surface area (TPSA) is 49.4 Å². The maximum atomic E-state index is 12.1. The molecule has 1 heterocycles. The van der Waals surface area contributed by atoms with Crippen LogP contribution in [0.25, 0.3) is 0 Å². The minimum Gasteiger partial charge on any atom is -0.356 e. The summed E-state index contributed by atoms with van der Waals surface area (Å²) in [5, 5.41) is 2.97. The van der Waals surface area contributed by atoms with Gasteiger partial charge in [-0.25, -0.2) is 0 Å². The van der Waals surface area contributed by atoms with Crippen molar-refractivity contribution in [1.29, 1.82) is 0 Å². The highest BCUT2D eigenvalue weighted by atomic mass is 16.2. The molecule has 120 valence electrons.